The van der Waals surface area contributed by atoms with Gasteiger partial charge in [-0.25, -0.2) is 9.00 Å². The molecule has 0 aliphatic rings. The third kappa shape index (κ3) is 4.82. The number of aliphatic hydroxyl groups is 1. The predicted octanol–water partition coefficient (Wildman–Crippen LogP) is 1.82. The summed E-state index contributed by atoms with van der Waals surface area (Å²) < 4.78 is 47.7. The molecule has 0 fully saturated rings. The lowest BCUT2D eigenvalue weighted by molar-refractivity contribution is -0.0384. The first-order chi connectivity index (χ1) is 9.24. The van der Waals surface area contributed by atoms with E-state index in [2.05, 4.69) is 10.6 Å². The summed E-state index contributed by atoms with van der Waals surface area (Å²) in [5, 5.41) is 13.5. The van der Waals surface area contributed by atoms with Crippen molar-refractivity contribution in [1.82, 2.24) is 5.32 Å². The van der Waals surface area contributed by atoms with Crippen molar-refractivity contribution < 1.29 is 27.3 Å². The molecule has 0 bridgehead atoms. The van der Waals surface area contributed by atoms with Crippen LogP contribution in [0.5, 0.6) is 0 Å². The molecule has 5 nitrogen and oxygen atoms in total. The van der Waals surface area contributed by atoms with Crippen LogP contribution in [0.1, 0.15) is 6.92 Å². The smallest absolute Gasteiger partial charge is 0.394 e. The van der Waals surface area contributed by atoms with Gasteiger partial charge < -0.3 is 15.7 Å². The van der Waals surface area contributed by atoms with Gasteiger partial charge in [-0.15, -0.1) is 0 Å². The second-order valence-corrected chi connectivity index (χ2v) is 5.39. The van der Waals surface area contributed by atoms with Crippen LogP contribution >= 0.6 is 0 Å². The lowest BCUT2D eigenvalue weighted by Gasteiger charge is -2.12. The van der Waals surface area contributed by atoms with E-state index in [1.165, 1.54) is 12.1 Å². The van der Waals surface area contributed by atoms with E-state index in [0.29, 0.717) is 0 Å². The summed E-state index contributed by atoms with van der Waals surface area (Å²) in [7, 11) is -3.09. The molecule has 0 aliphatic heterocycles. The minimum Gasteiger partial charge on any atom is -0.394 e. The zero-order valence-electron chi connectivity index (χ0n) is 10.4. The molecule has 3 N–H and O–H groups in total. The van der Waals surface area contributed by atoms with Gasteiger partial charge in [-0.1, -0.05) is 0 Å². The van der Waals surface area contributed by atoms with E-state index in [-0.39, 0.29) is 12.3 Å². The molecule has 0 saturated heterocycles. The van der Waals surface area contributed by atoms with Gasteiger partial charge in [0.1, 0.15) is 0 Å². The monoisotopic (exact) mass is 310 g/mol. The van der Waals surface area contributed by atoms with Gasteiger partial charge >= 0.3 is 11.5 Å². The van der Waals surface area contributed by atoms with Crippen molar-refractivity contribution in [2.75, 3.05) is 11.9 Å². The molecule has 0 saturated carbocycles. The van der Waals surface area contributed by atoms with Crippen molar-refractivity contribution in [2.24, 2.45) is 0 Å². The second-order valence-electron chi connectivity index (χ2n) is 3.92. The lowest BCUT2D eigenvalue weighted by Crippen LogP contribution is -2.38. The molecule has 0 aliphatic carbocycles. The summed E-state index contributed by atoms with van der Waals surface area (Å²) in [4.78, 5) is 11.0. The predicted molar refractivity (Wildman–Crippen MR) is 67.6 cm³/mol. The zero-order valence-corrected chi connectivity index (χ0v) is 11.2. The number of urea groups is 1. The van der Waals surface area contributed by atoms with Crippen molar-refractivity contribution in [1.29, 1.82) is 0 Å². The Kier molecular flexibility index (Phi) is 5.52. The Hall–Kier alpha value is -1.61. The Labute approximate surface area is 115 Å². The fourth-order valence-electron chi connectivity index (χ4n) is 1.23. The Bertz CT molecular complexity index is 491. The quantitative estimate of drug-likeness (QED) is 0.794. The van der Waals surface area contributed by atoms with Crippen molar-refractivity contribution >= 4 is 22.5 Å². The van der Waals surface area contributed by atoms with Gasteiger partial charge in [-0.2, -0.15) is 13.2 Å². The number of halogens is 3. The Morgan fingerprint density at radius 3 is 2.35 bits per heavy atom. The van der Waals surface area contributed by atoms with Gasteiger partial charge in [0.15, 0.2) is 10.8 Å². The van der Waals surface area contributed by atoms with Gasteiger partial charge in [-0.3, -0.25) is 0 Å². The molecule has 2 amide bonds. The highest BCUT2D eigenvalue weighted by atomic mass is 32.2. The van der Waals surface area contributed by atoms with Crippen molar-refractivity contribution in [2.45, 2.75) is 23.4 Å². The minimum absolute atomic E-state index is 0.239. The molecular formula is C11H13F3N2O3S. The van der Waals surface area contributed by atoms with Crippen LogP contribution in [0.4, 0.5) is 23.7 Å². The topological polar surface area (TPSA) is 78.4 Å². The molecule has 0 radical (unpaired) electrons. The average molecular weight is 310 g/mol. The van der Waals surface area contributed by atoms with Crippen molar-refractivity contribution in [3.63, 3.8) is 0 Å². The average Bonchev–Trinajstić information content (AvgIpc) is 2.37. The molecule has 9 heteroatoms. The number of anilines is 1. The number of carbonyl (C=O) groups excluding carboxylic acids is 1. The van der Waals surface area contributed by atoms with E-state index < -0.39 is 33.3 Å². The fourth-order valence-corrected chi connectivity index (χ4v) is 1.88. The number of amides is 2. The third-order valence-corrected chi connectivity index (χ3v) is 3.31. The third-order valence-electron chi connectivity index (χ3n) is 2.19. The van der Waals surface area contributed by atoms with E-state index in [1.807, 2.05) is 0 Å². The first-order valence-corrected chi connectivity index (χ1v) is 6.66. The summed E-state index contributed by atoms with van der Waals surface area (Å²) in [6, 6.07) is 3.41. The van der Waals surface area contributed by atoms with E-state index in [4.69, 9.17) is 5.11 Å². The molecule has 1 aromatic rings. The highest BCUT2D eigenvalue weighted by molar-refractivity contribution is 7.86. The maximum absolute atomic E-state index is 12.2. The maximum atomic E-state index is 12.2. The Morgan fingerprint density at radius 1 is 1.35 bits per heavy atom. The van der Waals surface area contributed by atoms with Crippen LogP contribution in [-0.2, 0) is 10.8 Å². The number of benzene rings is 1. The van der Waals surface area contributed by atoms with E-state index >= 15 is 0 Å². The summed E-state index contributed by atoms with van der Waals surface area (Å²) in [6.07, 6.45) is 0. The number of rotatable bonds is 4. The van der Waals surface area contributed by atoms with Crippen LogP contribution in [-0.4, -0.2) is 33.5 Å². The van der Waals surface area contributed by atoms with Crippen molar-refractivity contribution in [3.05, 3.63) is 24.3 Å². The highest BCUT2D eigenvalue weighted by Crippen LogP contribution is 2.26. The Balaban J connectivity index is 2.68. The number of hydrogen-bond donors (Lipinski definition) is 3. The number of aliphatic hydroxyl groups excluding tert-OH is 1. The highest BCUT2D eigenvalue weighted by Gasteiger charge is 2.37. The molecule has 0 spiro atoms. The van der Waals surface area contributed by atoms with E-state index in [1.54, 1.807) is 6.92 Å². The number of alkyl halides is 3. The molecule has 112 valence electrons. The summed E-state index contributed by atoms with van der Waals surface area (Å²) in [6.45, 7) is 1.34. The molecule has 1 rings (SSSR count). The van der Waals surface area contributed by atoms with Crippen LogP contribution in [0.25, 0.3) is 0 Å². The van der Waals surface area contributed by atoms with Gasteiger partial charge in [0, 0.05) is 10.6 Å². The van der Waals surface area contributed by atoms with E-state index in [0.717, 1.165) is 12.1 Å². The molecule has 0 heterocycles. The molecule has 1 aromatic carbocycles. The number of hydrogen-bond acceptors (Lipinski definition) is 3. The lowest BCUT2D eigenvalue weighted by atomic mass is 10.3. The van der Waals surface area contributed by atoms with Crippen LogP contribution in [0, 0.1) is 0 Å². The Morgan fingerprint density at radius 2 is 1.90 bits per heavy atom. The van der Waals surface area contributed by atoms with Crippen LogP contribution in [0.15, 0.2) is 29.2 Å². The molecule has 0 aromatic heterocycles. The standard InChI is InChI=1S/C11H13F3N2O3S/c1-7(6-17)15-10(18)16-8-2-4-9(5-3-8)20(19)11(12,13)14/h2-5,7,17H,6H2,1H3,(H2,15,16,18). The van der Waals surface area contributed by atoms with Gasteiger partial charge in [0.25, 0.3) is 0 Å². The molecular weight excluding hydrogens is 297 g/mol. The minimum atomic E-state index is -4.82. The SMILES string of the molecule is CC(CO)NC(=O)Nc1ccc(S(=O)C(F)(F)F)cc1. The van der Waals surface area contributed by atoms with Gasteiger partial charge in [-0.05, 0) is 31.2 Å². The summed E-state index contributed by atoms with van der Waals surface area (Å²) in [5.74, 6) is 0. The van der Waals surface area contributed by atoms with Crippen molar-refractivity contribution in [3.8, 4) is 0 Å². The van der Waals surface area contributed by atoms with Crippen LogP contribution in [0.3, 0.4) is 0 Å². The number of carbonyl (C=O) groups is 1. The van der Waals surface area contributed by atoms with Gasteiger partial charge in [0.05, 0.1) is 12.6 Å². The first-order valence-electron chi connectivity index (χ1n) is 5.51. The van der Waals surface area contributed by atoms with E-state index in [9.17, 15) is 22.2 Å². The number of nitrogens with one attached hydrogen (secondary N) is 2. The fraction of sp³-hybridized carbons (Fsp3) is 0.364. The largest absolute Gasteiger partial charge is 0.475 e. The molecule has 2 atom stereocenters. The van der Waals surface area contributed by atoms with Crippen LogP contribution < -0.4 is 10.6 Å². The summed E-state index contributed by atoms with van der Waals surface area (Å²) >= 11 is 0. The van der Waals surface area contributed by atoms with Gasteiger partial charge in [0.2, 0.25) is 0 Å². The first kappa shape index (κ1) is 16.4. The normalized spacial score (nSPS) is 14.4. The summed E-state index contributed by atoms with van der Waals surface area (Å²) in [5.41, 5.74) is -4.57. The zero-order chi connectivity index (χ0) is 15.3. The molecule has 20 heavy (non-hydrogen) atoms. The molecule has 2 unspecified atom stereocenters. The second kappa shape index (κ2) is 6.71. The maximum Gasteiger partial charge on any atom is 0.475 e. The van der Waals surface area contributed by atoms with Crippen LogP contribution in [0.2, 0.25) is 0 Å².